The van der Waals surface area contributed by atoms with E-state index in [-0.39, 0.29) is 11.6 Å². The van der Waals surface area contributed by atoms with Crippen molar-refractivity contribution in [2.75, 3.05) is 5.32 Å². The maximum absolute atomic E-state index is 13.3. The van der Waals surface area contributed by atoms with Crippen LogP contribution >= 0.6 is 11.6 Å². The van der Waals surface area contributed by atoms with Gasteiger partial charge in [0.15, 0.2) is 11.5 Å². The van der Waals surface area contributed by atoms with Crippen LogP contribution < -0.4 is 10.9 Å². The van der Waals surface area contributed by atoms with Gasteiger partial charge in [0, 0.05) is 18.1 Å². The van der Waals surface area contributed by atoms with Crippen LogP contribution in [0.2, 0.25) is 5.02 Å². The summed E-state index contributed by atoms with van der Waals surface area (Å²) in [5, 5.41) is 3.79. The fraction of sp³-hybridized carbons (Fsp3) is 0.100. The summed E-state index contributed by atoms with van der Waals surface area (Å²) in [5.74, 6) is 0.609. The number of para-hydroxylation sites is 1. The zero-order valence-corrected chi connectivity index (χ0v) is 16.1. The minimum atomic E-state index is -0.255. The molecule has 29 heavy (non-hydrogen) atoms. The minimum absolute atomic E-state index is 0.188. The molecular formula is C20H16ClN7O. The number of halogens is 1. The van der Waals surface area contributed by atoms with Crippen LogP contribution in [0.1, 0.15) is 18.7 Å². The third-order valence-corrected chi connectivity index (χ3v) is 5.14. The second-order valence-corrected chi connectivity index (χ2v) is 7.05. The molecule has 2 N–H and O–H groups in total. The first kappa shape index (κ1) is 17.4. The van der Waals surface area contributed by atoms with Crippen LogP contribution in [0, 0.1) is 0 Å². The molecule has 0 aliphatic carbocycles. The fourth-order valence-electron chi connectivity index (χ4n) is 3.47. The van der Waals surface area contributed by atoms with E-state index in [9.17, 15) is 4.79 Å². The molecule has 0 radical (unpaired) electrons. The first-order valence-corrected chi connectivity index (χ1v) is 9.39. The Morgan fingerprint density at radius 1 is 1.14 bits per heavy atom. The molecule has 0 fully saturated rings. The zero-order valence-electron chi connectivity index (χ0n) is 15.4. The van der Waals surface area contributed by atoms with Gasteiger partial charge in [-0.05, 0) is 25.1 Å². The summed E-state index contributed by atoms with van der Waals surface area (Å²) in [5.41, 5.74) is 3.04. The smallest absolute Gasteiger partial charge is 0.281 e. The van der Waals surface area contributed by atoms with Gasteiger partial charge < -0.3 is 14.7 Å². The maximum atomic E-state index is 13.3. The van der Waals surface area contributed by atoms with Crippen LogP contribution in [-0.4, -0.2) is 28.9 Å². The Kier molecular flexibility index (Phi) is 4.06. The van der Waals surface area contributed by atoms with Crippen LogP contribution in [0.3, 0.4) is 0 Å². The van der Waals surface area contributed by atoms with Gasteiger partial charge in [0.05, 0.1) is 23.1 Å². The number of aromatic amines is 1. The normalized spacial score (nSPS) is 12.5. The molecule has 0 saturated heterocycles. The van der Waals surface area contributed by atoms with Crippen molar-refractivity contribution in [1.82, 2.24) is 28.9 Å². The average molecular weight is 406 g/mol. The molecule has 9 heteroatoms. The molecule has 1 unspecified atom stereocenters. The van der Waals surface area contributed by atoms with Gasteiger partial charge in [-0.25, -0.2) is 15.0 Å². The Labute approximate surface area is 169 Å². The summed E-state index contributed by atoms with van der Waals surface area (Å²) < 4.78 is 3.42. The lowest BCUT2D eigenvalue weighted by Gasteiger charge is -2.21. The molecule has 5 aromatic rings. The van der Waals surface area contributed by atoms with E-state index in [2.05, 4.69) is 25.3 Å². The number of benzene rings is 1. The number of fused-ring (bicyclic) bond motifs is 2. The maximum Gasteiger partial charge on any atom is 0.281 e. The number of nitrogens with one attached hydrogen (secondary N) is 2. The highest BCUT2D eigenvalue weighted by Crippen LogP contribution is 2.25. The summed E-state index contributed by atoms with van der Waals surface area (Å²) >= 11 is 6.27. The molecule has 144 valence electrons. The molecule has 4 heterocycles. The largest absolute Gasteiger partial charge is 0.360 e. The quantitative estimate of drug-likeness (QED) is 0.476. The highest BCUT2D eigenvalue weighted by Gasteiger charge is 2.19. The molecule has 4 aromatic heterocycles. The van der Waals surface area contributed by atoms with Crippen molar-refractivity contribution in [2.45, 2.75) is 13.0 Å². The van der Waals surface area contributed by atoms with Gasteiger partial charge in [-0.1, -0.05) is 29.8 Å². The molecule has 0 aliphatic heterocycles. The zero-order chi connectivity index (χ0) is 20.0. The third kappa shape index (κ3) is 2.85. The molecule has 0 amide bonds. The lowest BCUT2D eigenvalue weighted by molar-refractivity contribution is 0.754. The number of hydrogen-bond acceptors (Lipinski definition) is 5. The van der Waals surface area contributed by atoms with Crippen molar-refractivity contribution in [3.8, 4) is 5.69 Å². The molecule has 0 bridgehead atoms. The third-order valence-electron chi connectivity index (χ3n) is 4.84. The summed E-state index contributed by atoms with van der Waals surface area (Å²) in [6.07, 6.45) is 6.71. The van der Waals surface area contributed by atoms with E-state index in [0.717, 1.165) is 11.4 Å². The standard InChI is InChI=1S/C20H16ClN7O/c1-12(26-19-16-18(23-10-22-16)24-11-25-19)15-9-27-8-7-14(21)17(27)20(29)28(15)13-5-3-2-4-6-13/h2-12H,1H3,(H2,22,23,24,25,26). The van der Waals surface area contributed by atoms with Crippen LogP contribution in [0.25, 0.3) is 22.4 Å². The molecule has 1 atom stereocenters. The second-order valence-electron chi connectivity index (χ2n) is 6.64. The Morgan fingerprint density at radius 3 is 2.79 bits per heavy atom. The molecular weight excluding hydrogens is 390 g/mol. The summed E-state index contributed by atoms with van der Waals surface area (Å²) in [6, 6.07) is 10.9. The number of H-pyrrole nitrogens is 1. The van der Waals surface area contributed by atoms with Crippen LogP contribution in [0.5, 0.6) is 0 Å². The summed E-state index contributed by atoms with van der Waals surface area (Å²) in [7, 11) is 0. The number of anilines is 1. The fourth-order valence-corrected chi connectivity index (χ4v) is 3.70. The van der Waals surface area contributed by atoms with Gasteiger partial charge in [-0.15, -0.1) is 0 Å². The molecule has 5 rings (SSSR count). The van der Waals surface area contributed by atoms with E-state index in [4.69, 9.17) is 11.6 Å². The summed E-state index contributed by atoms with van der Waals surface area (Å²) in [6.45, 7) is 1.97. The van der Waals surface area contributed by atoms with Gasteiger partial charge >= 0.3 is 0 Å². The predicted octanol–water partition coefficient (Wildman–Crippen LogP) is 3.58. The number of nitrogens with zero attached hydrogens (tertiary/aromatic N) is 5. The monoisotopic (exact) mass is 405 g/mol. The average Bonchev–Trinajstić information content (AvgIpc) is 3.36. The van der Waals surface area contributed by atoms with Crippen LogP contribution in [0.4, 0.5) is 5.82 Å². The number of aromatic nitrogens is 6. The number of imidazole rings is 1. The molecule has 8 nitrogen and oxygen atoms in total. The topological polar surface area (TPSA) is 92.9 Å². The Balaban J connectivity index is 1.69. The van der Waals surface area contributed by atoms with Crippen molar-refractivity contribution in [3.63, 3.8) is 0 Å². The van der Waals surface area contributed by atoms with Crippen LogP contribution in [-0.2, 0) is 0 Å². The number of rotatable bonds is 4. The van der Waals surface area contributed by atoms with Crippen molar-refractivity contribution < 1.29 is 0 Å². The minimum Gasteiger partial charge on any atom is -0.360 e. The lowest BCUT2D eigenvalue weighted by atomic mass is 10.2. The number of hydrogen-bond donors (Lipinski definition) is 2. The molecule has 0 aliphatic rings. The van der Waals surface area contributed by atoms with Gasteiger partial charge in [0.1, 0.15) is 17.4 Å². The van der Waals surface area contributed by atoms with E-state index in [1.54, 1.807) is 27.6 Å². The summed E-state index contributed by atoms with van der Waals surface area (Å²) in [4.78, 5) is 29.0. The van der Waals surface area contributed by atoms with E-state index >= 15 is 0 Å². The highest BCUT2D eigenvalue weighted by molar-refractivity contribution is 6.33. The predicted molar refractivity (Wildman–Crippen MR) is 112 cm³/mol. The first-order chi connectivity index (χ1) is 14.1. The van der Waals surface area contributed by atoms with Gasteiger partial charge in [-0.3, -0.25) is 9.36 Å². The van der Waals surface area contributed by atoms with Gasteiger partial charge in [-0.2, -0.15) is 0 Å². The van der Waals surface area contributed by atoms with Crippen LogP contribution in [0.15, 0.2) is 66.2 Å². The van der Waals surface area contributed by atoms with Gasteiger partial charge in [0.2, 0.25) is 0 Å². The molecule has 0 saturated carbocycles. The van der Waals surface area contributed by atoms with E-state index in [1.807, 2.05) is 43.5 Å². The van der Waals surface area contributed by atoms with E-state index in [1.165, 1.54) is 6.33 Å². The van der Waals surface area contributed by atoms with E-state index in [0.29, 0.717) is 27.5 Å². The van der Waals surface area contributed by atoms with E-state index < -0.39 is 0 Å². The highest BCUT2D eigenvalue weighted by atomic mass is 35.5. The Hall–Kier alpha value is -3.65. The Morgan fingerprint density at radius 2 is 1.97 bits per heavy atom. The van der Waals surface area contributed by atoms with Crippen molar-refractivity contribution in [1.29, 1.82) is 0 Å². The van der Waals surface area contributed by atoms with Crippen molar-refractivity contribution in [3.05, 3.63) is 82.5 Å². The second kappa shape index (κ2) is 6.75. The molecule has 1 aromatic carbocycles. The Bertz CT molecular complexity index is 1390. The van der Waals surface area contributed by atoms with Crippen molar-refractivity contribution in [2.24, 2.45) is 0 Å². The van der Waals surface area contributed by atoms with Gasteiger partial charge in [0.25, 0.3) is 5.56 Å². The van der Waals surface area contributed by atoms with Crippen molar-refractivity contribution >= 4 is 34.1 Å². The lowest BCUT2D eigenvalue weighted by Crippen LogP contribution is -2.27. The molecule has 0 spiro atoms. The SMILES string of the molecule is CC(Nc1ncnc2nc[nH]c12)c1cn2ccc(Cl)c2c(=O)n1-c1ccccc1. The first-order valence-electron chi connectivity index (χ1n) is 9.01.